The molecule has 0 saturated carbocycles. The van der Waals surface area contributed by atoms with Crippen LogP contribution in [-0.2, 0) is 10.5 Å². The van der Waals surface area contributed by atoms with Crippen LogP contribution in [0.15, 0.2) is 29.2 Å². The molecule has 0 saturated heterocycles. The Labute approximate surface area is 144 Å². The van der Waals surface area contributed by atoms with E-state index in [2.05, 4.69) is 19.2 Å². The van der Waals surface area contributed by atoms with E-state index in [-0.39, 0.29) is 5.91 Å². The van der Waals surface area contributed by atoms with E-state index in [1.54, 1.807) is 23.1 Å². The number of anilines is 1. The molecular formula is C18H19NO2S2. The van der Waals surface area contributed by atoms with Crippen LogP contribution in [0.1, 0.15) is 27.8 Å². The zero-order chi connectivity index (χ0) is 16.4. The van der Waals surface area contributed by atoms with Gasteiger partial charge in [-0.3, -0.25) is 4.79 Å². The summed E-state index contributed by atoms with van der Waals surface area (Å²) in [6.45, 7) is 6.88. The highest BCUT2D eigenvalue weighted by atomic mass is 32.2. The summed E-state index contributed by atoms with van der Waals surface area (Å²) in [7, 11) is 0. The van der Waals surface area contributed by atoms with Gasteiger partial charge in [-0.1, -0.05) is 0 Å². The Kier molecular flexibility index (Phi) is 4.78. The van der Waals surface area contributed by atoms with E-state index in [0.717, 1.165) is 22.1 Å². The lowest BCUT2D eigenvalue weighted by Crippen LogP contribution is -2.14. The third-order valence-corrected chi connectivity index (χ3v) is 6.07. The van der Waals surface area contributed by atoms with E-state index >= 15 is 0 Å². The molecule has 1 aromatic heterocycles. The minimum atomic E-state index is -0.0477. The molecule has 1 amide bonds. The number of amides is 1. The van der Waals surface area contributed by atoms with Crippen LogP contribution in [0, 0.1) is 13.8 Å². The summed E-state index contributed by atoms with van der Waals surface area (Å²) in [5.74, 6) is 1.63. The number of benzene rings is 1. The van der Waals surface area contributed by atoms with Gasteiger partial charge in [0, 0.05) is 21.2 Å². The number of fused-ring (bicyclic) bond motifs is 1. The van der Waals surface area contributed by atoms with Crippen molar-refractivity contribution in [2.45, 2.75) is 26.5 Å². The van der Waals surface area contributed by atoms with Gasteiger partial charge in [0.15, 0.2) is 0 Å². The number of carbonyl (C=O) groups is 1. The molecule has 3 rings (SSSR count). The van der Waals surface area contributed by atoms with Gasteiger partial charge in [-0.05, 0) is 62.2 Å². The average molecular weight is 345 g/mol. The molecule has 0 unspecified atom stereocenters. The van der Waals surface area contributed by atoms with Crippen LogP contribution in [0.2, 0.25) is 0 Å². The van der Waals surface area contributed by atoms with E-state index in [1.165, 1.54) is 20.9 Å². The van der Waals surface area contributed by atoms with Crippen molar-refractivity contribution in [2.75, 3.05) is 11.9 Å². The second kappa shape index (κ2) is 6.81. The Morgan fingerprint density at radius 2 is 2.00 bits per heavy atom. The van der Waals surface area contributed by atoms with Crippen molar-refractivity contribution in [3.8, 4) is 5.75 Å². The smallest absolute Gasteiger partial charge is 0.262 e. The van der Waals surface area contributed by atoms with Crippen LogP contribution in [0.25, 0.3) is 6.08 Å². The molecule has 0 aliphatic carbocycles. The van der Waals surface area contributed by atoms with Gasteiger partial charge in [-0.2, -0.15) is 0 Å². The van der Waals surface area contributed by atoms with Crippen LogP contribution >= 0.6 is 23.1 Å². The molecule has 0 radical (unpaired) electrons. The Morgan fingerprint density at radius 3 is 2.70 bits per heavy atom. The van der Waals surface area contributed by atoms with Crippen LogP contribution < -0.4 is 10.1 Å². The highest BCUT2D eigenvalue weighted by molar-refractivity contribution is 8.03. The molecule has 1 aliphatic rings. The van der Waals surface area contributed by atoms with Gasteiger partial charge in [0.05, 0.1) is 11.5 Å². The third kappa shape index (κ3) is 3.46. The van der Waals surface area contributed by atoms with E-state index in [9.17, 15) is 4.79 Å². The van der Waals surface area contributed by atoms with Crippen molar-refractivity contribution in [2.24, 2.45) is 0 Å². The Balaban J connectivity index is 1.73. The van der Waals surface area contributed by atoms with Crippen molar-refractivity contribution >= 4 is 40.8 Å². The second-order valence-electron chi connectivity index (χ2n) is 5.33. The maximum absolute atomic E-state index is 12.5. The van der Waals surface area contributed by atoms with Crippen molar-refractivity contribution in [1.82, 2.24) is 0 Å². The molecule has 2 aromatic rings. The van der Waals surface area contributed by atoms with Gasteiger partial charge in [0.1, 0.15) is 5.75 Å². The quantitative estimate of drug-likeness (QED) is 0.848. The predicted octanol–water partition coefficient (Wildman–Crippen LogP) is 4.99. The number of hydrogen-bond acceptors (Lipinski definition) is 4. The number of hydrogen-bond donors (Lipinski definition) is 1. The number of thioether (sulfide) groups is 1. The minimum Gasteiger partial charge on any atom is -0.494 e. The van der Waals surface area contributed by atoms with E-state index in [0.29, 0.717) is 6.61 Å². The maximum Gasteiger partial charge on any atom is 0.262 e. The summed E-state index contributed by atoms with van der Waals surface area (Å²) in [6, 6.07) is 7.46. The number of aryl methyl sites for hydroxylation is 1. The number of nitrogens with one attached hydrogen (secondary N) is 1. The average Bonchev–Trinajstić information content (AvgIpc) is 2.83. The van der Waals surface area contributed by atoms with Crippen molar-refractivity contribution in [3.63, 3.8) is 0 Å². The molecule has 120 valence electrons. The minimum absolute atomic E-state index is 0.0477. The number of ether oxygens (including phenoxy) is 1. The summed E-state index contributed by atoms with van der Waals surface area (Å²) in [5, 5.41) is 2.95. The Bertz CT molecular complexity index is 760. The Morgan fingerprint density at radius 1 is 1.26 bits per heavy atom. The van der Waals surface area contributed by atoms with Crippen LogP contribution in [-0.4, -0.2) is 12.5 Å². The molecule has 2 heterocycles. The zero-order valence-corrected chi connectivity index (χ0v) is 15.1. The summed E-state index contributed by atoms with van der Waals surface area (Å²) >= 11 is 3.37. The van der Waals surface area contributed by atoms with Gasteiger partial charge < -0.3 is 10.1 Å². The molecule has 1 N–H and O–H groups in total. The zero-order valence-electron chi connectivity index (χ0n) is 13.4. The molecule has 1 aromatic carbocycles. The highest BCUT2D eigenvalue weighted by Gasteiger charge is 2.21. The molecule has 5 heteroatoms. The van der Waals surface area contributed by atoms with E-state index < -0.39 is 0 Å². The normalized spacial score (nSPS) is 13.3. The number of carbonyl (C=O) groups excluding carboxylic acids is 1. The van der Waals surface area contributed by atoms with Gasteiger partial charge in [0.2, 0.25) is 0 Å². The first-order chi connectivity index (χ1) is 11.1. The fourth-order valence-corrected chi connectivity index (χ4v) is 4.78. The fourth-order valence-electron chi connectivity index (χ4n) is 2.43. The van der Waals surface area contributed by atoms with Crippen molar-refractivity contribution in [1.29, 1.82) is 0 Å². The number of thiophene rings is 1. The van der Waals surface area contributed by atoms with Gasteiger partial charge >= 0.3 is 0 Å². The first-order valence-corrected chi connectivity index (χ1v) is 9.36. The van der Waals surface area contributed by atoms with Crippen LogP contribution in [0.4, 0.5) is 5.69 Å². The molecule has 0 spiro atoms. The first kappa shape index (κ1) is 16.1. The maximum atomic E-state index is 12.5. The van der Waals surface area contributed by atoms with Gasteiger partial charge in [-0.25, -0.2) is 0 Å². The van der Waals surface area contributed by atoms with Crippen LogP contribution in [0.5, 0.6) is 5.75 Å². The lowest BCUT2D eigenvalue weighted by atomic mass is 10.1. The van der Waals surface area contributed by atoms with E-state index in [4.69, 9.17) is 4.74 Å². The largest absolute Gasteiger partial charge is 0.494 e. The summed E-state index contributed by atoms with van der Waals surface area (Å²) in [6.07, 6.45) is 2.01. The Hall–Kier alpha value is -1.72. The number of rotatable bonds is 4. The van der Waals surface area contributed by atoms with Gasteiger partial charge in [-0.15, -0.1) is 23.1 Å². The topological polar surface area (TPSA) is 38.3 Å². The molecule has 23 heavy (non-hydrogen) atoms. The standard InChI is InChI=1S/C18H19NO2S2/c1-4-21-14-7-5-13(6-8-14)19-18(20)17-9-16-15(10-22-17)11(2)12(3)23-16/h5-9H,4,10H2,1-3H3,(H,19,20). The molecule has 0 bridgehead atoms. The summed E-state index contributed by atoms with van der Waals surface area (Å²) < 4.78 is 5.41. The monoisotopic (exact) mass is 345 g/mol. The molecule has 0 atom stereocenters. The molecule has 0 fully saturated rings. The van der Waals surface area contributed by atoms with E-state index in [1.807, 2.05) is 37.3 Å². The predicted molar refractivity (Wildman–Crippen MR) is 99.3 cm³/mol. The first-order valence-electron chi connectivity index (χ1n) is 7.56. The summed E-state index contributed by atoms with van der Waals surface area (Å²) in [4.78, 5) is 15.8. The lowest BCUT2D eigenvalue weighted by Gasteiger charge is -2.14. The van der Waals surface area contributed by atoms with Crippen LogP contribution in [0.3, 0.4) is 0 Å². The molecule has 3 nitrogen and oxygen atoms in total. The third-order valence-electron chi connectivity index (χ3n) is 3.82. The second-order valence-corrected chi connectivity index (χ2v) is 7.61. The SMILES string of the molecule is CCOc1ccc(NC(=O)C2=Cc3sc(C)c(C)c3CS2)cc1. The van der Waals surface area contributed by atoms with Gasteiger partial charge in [0.25, 0.3) is 5.91 Å². The molecule has 1 aliphatic heterocycles. The lowest BCUT2D eigenvalue weighted by molar-refractivity contribution is -0.112. The fraction of sp³-hybridized carbons (Fsp3) is 0.278. The highest BCUT2D eigenvalue weighted by Crippen LogP contribution is 2.39. The summed E-state index contributed by atoms with van der Waals surface area (Å²) in [5.41, 5.74) is 3.51. The van der Waals surface area contributed by atoms with Crippen molar-refractivity contribution in [3.05, 3.63) is 50.1 Å². The van der Waals surface area contributed by atoms with Crippen molar-refractivity contribution < 1.29 is 9.53 Å². The molecular weight excluding hydrogens is 326 g/mol.